The predicted molar refractivity (Wildman–Crippen MR) is 138 cm³/mol. The number of carbonyl (C=O) groups excluding carboxylic acids is 2. The number of rotatable bonds is 8. The SMILES string of the molecule is COc1ccc2cc(CCc3ccc(C)cc3)c(=O)n(CC(=O)Nc3ccc(C(C)=O)cc3)c2c1. The van der Waals surface area contributed by atoms with Crippen LogP contribution in [0.15, 0.2) is 77.6 Å². The molecule has 0 fully saturated rings. The molecule has 35 heavy (non-hydrogen) atoms. The molecular formula is C29H28N2O4. The summed E-state index contributed by atoms with van der Waals surface area (Å²) in [6.45, 7) is 3.39. The highest BCUT2D eigenvalue weighted by molar-refractivity contribution is 5.96. The third kappa shape index (κ3) is 5.66. The molecule has 0 radical (unpaired) electrons. The molecule has 1 aromatic heterocycles. The summed E-state index contributed by atoms with van der Waals surface area (Å²) in [5.74, 6) is 0.234. The van der Waals surface area contributed by atoms with Gasteiger partial charge in [-0.05, 0) is 80.1 Å². The lowest BCUT2D eigenvalue weighted by Gasteiger charge is -2.14. The third-order valence-corrected chi connectivity index (χ3v) is 6.06. The summed E-state index contributed by atoms with van der Waals surface area (Å²) in [6, 6.07) is 22.4. The zero-order valence-corrected chi connectivity index (χ0v) is 20.1. The summed E-state index contributed by atoms with van der Waals surface area (Å²) >= 11 is 0. The van der Waals surface area contributed by atoms with Crippen LogP contribution >= 0.6 is 0 Å². The van der Waals surface area contributed by atoms with Gasteiger partial charge in [-0.2, -0.15) is 0 Å². The number of benzene rings is 3. The van der Waals surface area contributed by atoms with Crippen molar-refractivity contribution in [3.63, 3.8) is 0 Å². The third-order valence-electron chi connectivity index (χ3n) is 6.06. The lowest BCUT2D eigenvalue weighted by atomic mass is 10.0. The smallest absolute Gasteiger partial charge is 0.254 e. The quantitative estimate of drug-likeness (QED) is 0.372. The average molecular weight is 469 g/mol. The molecule has 1 heterocycles. The van der Waals surface area contributed by atoms with Crippen LogP contribution in [0.1, 0.15) is 34.0 Å². The number of carbonyl (C=O) groups is 2. The van der Waals surface area contributed by atoms with Crippen LogP contribution in [0.2, 0.25) is 0 Å². The number of ether oxygens (including phenoxy) is 1. The van der Waals surface area contributed by atoms with E-state index in [9.17, 15) is 14.4 Å². The Kier molecular flexibility index (Phi) is 7.11. The molecule has 0 bridgehead atoms. The van der Waals surface area contributed by atoms with Crippen LogP contribution in [-0.2, 0) is 24.2 Å². The Hall–Kier alpha value is -4.19. The van der Waals surface area contributed by atoms with Crippen molar-refractivity contribution in [2.75, 3.05) is 12.4 Å². The van der Waals surface area contributed by atoms with Gasteiger partial charge in [-0.25, -0.2) is 0 Å². The Labute approximate surface area is 204 Å². The predicted octanol–water partition coefficient (Wildman–Crippen LogP) is 4.95. The number of ketones is 1. The monoisotopic (exact) mass is 468 g/mol. The van der Waals surface area contributed by atoms with Crippen molar-refractivity contribution in [1.82, 2.24) is 4.57 Å². The highest BCUT2D eigenvalue weighted by atomic mass is 16.5. The first-order chi connectivity index (χ1) is 16.8. The maximum absolute atomic E-state index is 13.5. The van der Waals surface area contributed by atoms with E-state index in [4.69, 9.17) is 4.74 Å². The molecule has 0 saturated heterocycles. The molecule has 4 rings (SSSR count). The van der Waals surface area contributed by atoms with E-state index in [1.54, 1.807) is 37.4 Å². The van der Waals surface area contributed by atoms with Crippen molar-refractivity contribution < 1.29 is 14.3 Å². The molecule has 0 aliphatic carbocycles. The number of aromatic nitrogens is 1. The van der Waals surface area contributed by atoms with Crippen LogP contribution in [0, 0.1) is 6.92 Å². The second kappa shape index (κ2) is 10.4. The van der Waals surface area contributed by atoms with Crippen LogP contribution in [0.5, 0.6) is 5.75 Å². The summed E-state index contributed by atoms with van der Waals surface area (Å²) in [5.41, 5.74) is 4.57. The molecule has 1 N–H and O–H groups in total. The van der Waals surface area contributed by atoms with Crippen molar-refractivity contribution in [2.24, 2.45) is 0 Å². The van der Waals surface area contributed by atoms with Crippen molar-refractivity contribution in [2.45, 2.75) is 33.2 Å². The number of fused-ring (bicyclic) bond motifs is 1. The highest BCUT2D eigenvalue weighted by Gasteiger charge is 2.14. The van der Waals surface area contributed by atoms with Gasteiger partial charge >= 0.3 is 0 Å². The van der Waals surface area contributed by atoms with Crippen molar-refractivity contribution in [1.29, 1.82) is 0 Å². The first-order valence-corrected chi connectivity index (χ1v) is 11.5. The van der Waals surface area contributed by atoms with Gasteiger partial charge in [0.25, 0.3) is 5.56 Å². The zero-order valence-electron chi connectivity index (χ0n) is 20.1. The van der Waals surface area contributed by atoms with E-state index in [0.29, 0.717) is 34.5 Å². The Morgan fingerprint density at radius 3 is 2.29 bits per heavy atom. The lowest BCUT2D eigenvalue weighted by molar-refractivity contribution is -0.116. The van der Waals surface area contributed by atoms with E-state index in [1.165, 1.54) is 17.1 Å². The van der Waals surface area contributed by atoms with E-state index >= 15 is 0 Å². The summed E-state index contributed by atoms with van der Waals surface area (Å²) in [4.78, 5) is 37.9. The first-order valence-electron chi connectivity index (χ1n) is 11.5. The molecule has 178 valence electrons. The zero-order chi connectivity index (χ0) is 24.9. The minimum atomic E-state index is -0.331. The minimum absolute atomic E-state index is 0.0442. The molecule has 0 atom stereocenters. The van der Waals surface area contributed by atoms with E-state index in [1.807, 2.05) is 25.1 Å². The van der Waals surface area contributed by atoms with Gasteiger partial charge in [0.1, 0.15) is 12.3 Å². The fourth-order valence-electron chi connectivity index (χ4n) is 4.04. The summed E-state index contributed by atoms with van der Waals surface area (Å²) < 4.78 is 6.85. The molecule has 0 unspecified atom stereocenters. The number of methoxy groups -OCH3 is 1. The second-order valence-corrected chi connectivity index (χ2v) is 8.65. The van der Waals surface area contributed by atoms with E-state index < -0.39 is 0 Å². The van der Waals surface area contributed by atoms with E-state index in [0.717, 1.165) is 17.4 Å². The largest absolute Gasteiger partial charge is 0.497 e. The number of amides is 1. The fourth-order valence-corrected chi connectivity index (χ4v) is 4.04. The second-order valence-electron chi connectivity index (χ2n) is 8.65. The number of nitrogens with zero attached hydrogens (tertiary/aromatic N) is 1. The van der Waals surface area contributed by atoms with Gasteiger partial charge in [0.05, 0.1) is 12.6 Å². The number of pyridine rings is 1. The van der Waals surface area contributed by atoms with Crippen LogP contribution in [0.4, 0.5) is 5.69 Å². The minimum Gasteiger partial charge on any atom is -0.497 e. The van der Waals surface area contributed by atoms with Gasteiger partial charge in [0.2, 0.25) is 5.91 Å². The standard InChI is InChI=1S/C29H28N2O4/c1-19-4-6-21(7-5-19)8-9-24-16-23-12-15-26(35-3)17-27(23)31(29(24)34)18-28(33)30-25-13-10-22(11-14-25)20(2)32/h4-7,10-17H,8-9,18H2,1-3H3,(H,30,33). The Morgan fingerprint density at radius 2 is 1.63 bits per heavy atom. The van der Waals surface area contributed by atoms with Crippen LogP contribution < -0.4 is 15.6 Å². The number of nitrogens with one attached hydrogen (secondary N) is 1. The van der Waals surface area contributed by atoms with Crippen molar-refractivity contribution in [3.05, 3.63) is 105 Å². The maximum atomic E-state index is 13.5. The molecule has 3 aromatic carbocycles. The first kappa shape index (κ1) is 24.0. The molecule has 0 aliphatic rings. The van der Waals surface area contributed by atoms with Gasteiger partial charge in [-0.3, -0.25) is 19.0 Å². The number of hydrogen-bond acceptors (Lipinski definition) is 4. The molecule has 6 nitrogen and oxygen atoms in total. The van der Waals surface area contributed by atoms with Crippen LogP contribution in [0.25, 0.3) is 10.9 Å². The Morgan fingerprint density at radius 1 is 0.914 bits per heavy atom. The molecule has 4 aromatic rings. The summed E-state index contributed by atoms with van der Waals surface area (Å²) in [7, 11) is 1.57. The maximum Gasteiger partial charge on any atom is 0.254 e. The lowest BCUT2D eigenvalue weighted by Crippen LogP contribution is -2.30. The van der Waals surface area contributed by atoms with E-state index in [2.05, 4.69) is 29.6 Å². The average Bonchev–Trinajstić information content (AvgIpc) is 2.85. The molecular weight excluding hydrogens is 440 g/mol. The Bertz CT molecular complexity index is 1440. The molecule has 6 heteroatoms. The highest BCUT2D eigenvalue weighted by Crippen LogP contribution is 2.21. The van der Waals surface area contributed by atoms with Gasteiger partial charge in [-0.1, -0.05) is 29.8 Å². The number of Topliss-reactive ketones (excluding diaryl/α,β-unsaturated/α-hetero) is 1. The van der Waals surface area contributed by atoms with E-state index in [-0.39, 0.29) is 23.8 Å². The number of aryl methyl sites for hydroxylation is 3. The van der Waals surface area contributed by atoms with Crippen LogP contribution in [0.3, 0.4) is 0 Å². The Balaban J connectivity index is 1.63. The number of hydrogen-bond donors (Lipinski definition) is 1. The van der Waals surface area contributed by atoms with Crippen molar-refractivity contribution >= 4 is 28.3 Å². The summed E-state index contributed by atoms with van der Waals surface area (Å²) in [5, 5.41) is 3.68. The van der Waals surface area contributed by atoms with Gasteiger partial charge in [-0.15, -0.1) is 0 Å². The topological polar surface area (TPSA) is 77.4 Å². The fraction of sp³-hybridized carbons (Fsp3) is 0.207. The summed E-state index contributed by atoms with van der Waals surface area (Å²) in [6.07, 6.45) is 1.30. The molecule has 0 saturated carbocycles. The van der Waals surface area contributed by atoms with Gasteiger partial charge in [0, 0.05) is 22.9 Å². The molecule has 0 spiro atoms. The molecule has 0 aliphatic heterocycles. The van der Waals surface area contributed by atoms with Gasteiger partial charge in [0.15, 0.2) is 5.78 Å². The normalized spacial score (nSPS) is 10.8. The number of anilines is 1. The van der Waals surface area contributed by atoms with Crippen LogP contribution in [-0.4, -0.2) is 23.4 Å². The van der Waals surface area contributed by atoms with Crippen molar-refractivity contribution in [3.8, 4) is 5.75 Å². The van der Waals surface area contributed by atoms with Gasteiger partial charge < -0.3 is 10.1 Å². The molecule has 1 amide bonds.